The number of nitrogens with two attached hydrogens (primary N) is 1. The van der Waals surface area contributed by atoms with E-state index in [0.29, 0.717) is 16.4 Å². The summed E-state index contributed by atoms with van der Waals surface area (Å²) in [6.45, 7) is 4.08. The Kier molecular flexibility index (Phi) is 5.88. The van der Waals surface area contributed by atoms with Gasteiger partial charge in [-0.2, -0.15) is 0 Å². The number of benzene rings is 1. The van der Waals surface area contributed by atoms with Crippen LogP contribution in [0, 0.1) is 0 Å². The highest BCUT2D eigenvalue weighted by Crippen LogP contribution is 2.23. The molecule has 1 heterocycles. The number of rotatable bonds is 4. The van der Waals surface area contributed by atoms with Crippen LogP contribution in [-0.4, -0.2) is 29.9 Å². The molecule has 4 nitrogen and oxygen atoms in total. The van der Waals surface area contributed by atoms with Crippen LogP contribution < -0.4 is 11.1 Å². The van der Waals surface area contributed by atoms with Crippen molar-refractivity contribution in [3.63, 3.8) is 0 Å². The van der Waals surface area contributed by atoms with Gasteiger partial charge in [0.05, 0.1) is 16.8 Å². The molecule has 1 unspecified atom stereocenters. The van der Waals surface area contributed by atoms with Crippen LogP contribution >= 0.6 is 11.6 Å². The molecule has 1 atom stereocenters. The summed E-state index contributed by atoms with van der Waals surface area (Å²) in [5, 5.41) is 3.47. The predicted octanol–water partition coefficient (Wildman–Crippen LogP) is 3.52. The van der Waals surface area contributed by atoms with Gasteiger partial charge < -0.3 is 11.1 Å². The molecule has 0 bridgehead atoms. The van der Waals surface area contributed by atoms with Crippen molar-refractivity contribution in [2.45, 2.75) is 45.1 Å². The Morgan fingerprint density at radius 2 is 2.00 bits per heavy atom. The third-order valence-electron chi connectivity index (χ3n) is 4.03. The predicted molar refractivity (Wildman–Crippen MR) is 88.6 cm³/mol. The first-order chi connectivity index (χ1) is 10.1. The third-order valence-corrected chi connectivity index (χ3v) is 4.38. The average molecular weight is 310 g/mol. The first-order valence-electron chi connectivity index (χ1n) is 7.71. The first-order valence-corrected chi connectivity index (χ1v) is 8.09. The van der Waals surface area contributed by atoms with Gasteiger partial charge in [0.2, 0.25) is 5.91 Å². The fourth-order valence-corrected chi connectivity index (χ4v) is 2.98. The van der Waals surface area contributed by atoms with E-state index in [1.807, 2.05) is 0 Å². The fourth-order valence-electron chi connectivity index (χ4n) is 2.86. The minimum Gasteiger partial charge on any atom is -0.397 e. The maximum absolute atomic E-state index is 12.5. The molecule has 116 valence electrons. The molecule has 0 aromatic heterocycles. The minimum absolute atomic E-state index is 0.0427. The molecule has 2 rings (SSSR count). The average Bonchev–Trinajstić information content (AvgIpc) is 2.73. The second-order valence-electron chi connectivity index (χ2n) is 5.60. The van der Waals surface area contributed by atoms with Gasteiger partial charge in [0.15, 0.2) is 0 Å². The maximum Gasteiger partial charge on any atom is 0.241 e. The lowest BCUT2D eigenvalue weighted by Crippen LogP contribution is -2.44. The van der Waals surface area contributed by atoms with Crippen LogP contribution in [0.25, 0.3) is 0 Å². The van der Waals surface area contributed by atoms with Gasteiger partial charge in [-0.1, -0.05) is 31.4 Å². The Labute approximate surface area is 131 Å². The Hall–Kier alpha value is -1.26. The first kappa shape index (κ1) is 16.1. The van der Waals surface area contributed by atoms with E-state index in [1.54, 1.807) is 18.2 Å². The Morgan fingerprint density at radius 1 is 1.33 bits per heavy atom. The van der Waals surface area contributed by atoms with E-state index in [0.717, 1.165) is 19.5 Å². The molecule has 1 aliphatic heterocycles. The van der Waals surface area contributed by atoms with Crippen LogP contribution in [0.4, 0.5) is 11.4 Å². The number of amides is 1. The largest absolute Gasteiger partial charge is 0.397 e. The molecule has 3 N–H and O–H groups in total. The quantitative estimate of drug-likeness (QED) is 0.837. The highest BCUT2D eigenvalue weighted by Gasteiger charge is 2.24. The van der Waals surface area contributed by atoms with E-state index in [2.05, 4.69) is 17.1 Å². The topological polar surface area (TPSA) is 58.4 Å². The minimum atomic E-state index is -0.0694. The molecule has 1 saturated heterocycles. The number of nitrogens with one attached hydrogen (secondary N) is 1. The van der Waals surface area contributed by atoms with E-state index in [4.69, 9.17) is 17.3 Å². The van der Waals surface area contributed by atoms with Crippen LogP contribution in [0.15, 0.2) is 18.2 Å². The summed E-state index contributed by atoms with van der Waals surface area (Å²) >= 11 is 5.90. The van der Waals surface area contributed by atoms with Gasteiger partial charge in [-0.15, -0.1) is 0 Å². The smallest absolute Gasteiger partial charge is 0.241 e. The number of anilines is 2. The van der Waals surface area contributed by atoms with Crippen molar-refractivity contribution in [2.75, 3.05) is 24.1 Å². The van der Waals surface area contributed by atoms with E-state index < -0.39 is 0 Å². The Balaban J connectivity index is 2.03. The molecule has 0 radical (unpaired) electrons. The van der Waals surface area contributed by atoms with Crippen molar-refractivity contribution in [2.24, 2.45) is 0 Å². The lowest BCUT2D eigenvalue weighted by Gasteiger charge is -2.28. The number of hydrogen-bond donors (Lipinski definition) is 2. The zero-order valence-electron chi connectivity index (χ0n) is 12.6. The standard InChI is InChI=1S/C16H24ClN3O/c1-2-15(20-9-5-3-4-6-10-20)16(21)19-12-7-8-13(17)14(18)11-12/h7-8,11,15H,2-6,9-10,18H2,1H3,(H,19,21). The zero-order valence-corrected chi connectivity index (χ0v) is 13.3. The molecule has 1 aromatic rings. The summed E-state index contributed by atoms with van der Waals surface area (Å²) < 4.78 is 0. The van der Waals surface area contributed by atoms with Crippen molar-refractivity contribution in [1.29, 1.82) is 0 Å². The Morgan fingerprint density at radius 3 is 2.57 bits per heavy atom. The van der Waals surface area contributed by atoms with Crippen LogP contribution in [0.3, 0.4) is 0 Å². The maximum atomic E-state index is 12.5. The van der Waals surface area contributed by atoms with Gasteiger partial charge in [0, 0.05) is 5.69 Å². The number of nitrogen functional groups attached to an aromatic ring is 1. The number of hydrogen-bond acceptors (Lipinski definition) is 3. The molecule has 0 aliphatic carbocycles. The zero-order chi connectivity index (χ0) is 15.2. The molecular weight excluding hydrogens is 286 g/mol. The highest BCUT2D eigenvalue weighted by molar-refractivity contribution is 6.33. The van der Waals surface area contributed by atoms with Crippen molar-refractivity contribution < 1.29 is 4.79 Å². The van der Waals surface area contributed by atoms with Gasteiger partial charge in [0.25, 0.3) is 0 Å². The second-order valence-corrected chi connectivity index (χ2v) is 6.01. The summed E-state index contributed by atoms with van der Waals surface area (Å²) in [7, 11) is 0. The molecule has 1 aliphatic rings. The molecule has 0 saturated carbocycles. The number of carbonyl (C=O) groups is 1. The van der Waals surface area contributed by atoms with Gasteiger partial charge in [-0.3, -0.25) is 9.69 Å². The normalized spacial score (nSPS) is 18.0. The van der Waals surface area contributed by atoms with Crippen molar-refractivity contribution in [3.05, 3.63) is 23.2 Å². The summed E-state index contributed by atoms with van der Waals surface area (Å²) in [5.74, 6) is 0.0427. The van der Waals surface area contributed by atoms with Crippen LogP contribution in [-0.2, 0) is 4.79 Å². The van der Waals surface area contributed by atoms with E-state index in [9.17, 15) is 4.79 Å². The summed E-state index contributed by atoms with van der Waals surface area (Å²) in [5.41, 5.74) is 6.96. The van der Waals surface area contributed by atoms with Crippen molar-refractivity contribution >= 4 is 28.9 Å². The monoisotopic (exact) mass is 309 g/mol. The van der Waals surface area contributed by atoms with E-state index in [-0.39, 0.29) is 11.9 Å². The molecule has 1 fully saturated rings. The Bertz CT molecular complexity index is 484. The summed E-state index contributed by atoms with van der Waals surface area (Å²) in [6, 6.07) is 5.13. The fraction of sp³-hybridized carbons (Fsp3) is 0.562. The lowest BCUT2D eigenvalue weighted by atomic mass is 10.1. The molecule has 1 amide bonds. The van der Waals surface area contributed by atoms with Gasteiger partial charge in [-0.25, -0.2) is 0 Å². The van der Waals surface area contributed by atoms with Gasteiger partial charge >= 0.3 is 0 Å². The second kappa shape index (κ2) is 7.66. The summed E-state index contributed by atoms with van der Waals surface area (Å²) in [4.78, 5) is 14.8. The van der Waals surface area contributed by atoms with Gasteiger partial charge in [0.1, 0.15) is 0 Å². The molecular formula is C16H24ClN3O. The lowest BCUT2D eigenvalue weighted by molar-refractivity contribution is -0.121. The van der Waals surface area contributed by atoms with Crippen LogP contribution in [0.5, 0.6) is 0 Å². The molecule has 1 aromatic carbocycles. The number of likely N-dealkylation sites (tertiary alicyclic amines) is 1. The van der Waals surface area contributed by atoms with Crippen molar-refractivity contribution in [1.82, 2.24) is 4.90 Å². The van der Waals surface area contributed by atoms with Gasteiger partial charge in [-0.05, 0) is 50.6 Å². The van der Waals surface area contributed by atoms with Crippen LogP contribution in [0.2, 0.25) is 5.02 Å². The number of nitrogens with zero attached hydrogens (tertiary/aromatic N) is 1. The number of carbonyl (C=O) groups excluding carboxylic acids is 1. The summed E-state index contributed by atoms with van der Waals surface area (Å²) in [6.07, 6.45) is 5.70. The van der Waals surface area contributed by atoms with E-state index >= 15 is 0 Å². The highest BCUT2D eigenvalue weighted by atomic mass is 35.5. The number of halogens is 1. The third kappa shape index (κ3) is 4.35. The molecule has 21 heavy (non-hydrogen) atoms. The molecule has 5 heteroatoms. The molecule has 0 spiro atoms. The SMILES string of the molecule is CCC(C(=O)Nc1ccc(Cl)c(N)c1)N1CCCCCC1. The van der Waals surface area contributed by atoms with Crippen LogP contribution in [0.1, 0.15) is 39.0 Å². The van der Waals surface area contributed by atoms with E-state index in [1.165, 1.54) is 25.7 Å². The van der Waals surface area contributed by atoms with Crippen molar-refractivity contribution in [3.8, 4) is 0 Å².